The third-order valence-corrected chi connectivity index (χ3v) is 5.24. The van der Waals surface area contributed by atoms with Crippen LogP contribution >= 0.6 is 0 Å². The van der Waals surface area contributed by atoms with Crippen LogP contribution in [-0.4, -0.2) is 46.2 Å². The van der Waals surface area contributed by atoms with E-state index in [1.807, 2.05) is 10.7 Å². The number of aromatic nitrogens is 8. The third-order valence-electron chi connectivity index (χ3n) is 5.24. The Bertz CT molecular complexity index is 1170. The van der Waals surface area contributed by atoms with Gasteiger partial charge < -0.3 is 0 Å². The number of hydrogen-bond acceptors (Lipinski definition) is 7. The molecular weight excluding hydrogens is 404 g/mol. The fourth-order valence-electron chi connectivity index (χ4n) is 3.56. The van der Waals surface area contributed by atoms with Crippen molar-refractivity contribution in [3.63, 3.8) is 0 Å². The van der Waals surface area contributed by atoms with Crippen molar-refractivity contribution < 1.29 is 4.79 Å². The first-order valence-corrected chi connectivity index (χ1v) is 10.9. The molecule has 0 atom stereocenters. The lowest BCUT2D eigenvalue weighted by Crippen LogP contribution is -2.06. The molecule has 0 unspecified atom stereocenters. The number of H-pyrrole nitrogens is 1. The lowest BCUT2D eigenvalue weighted by molar-refractivity contribution is 0.0969. The summed E-state index contributed by atoms with van der Waals surface area (Å²) in [5, 5.41) is 18.6. The van der Waals surface area contributed by atoms with Gasteiger partial charge in [0.15, 0.2) is 5.82 Å². The number of Topliss-reactive ketones (excluding diaryl/α,β-unsaturated/α-hetero) is 1. The van der Waals surface area contributed by atoms with Crippen LogP contribution in [0.5, 0.6) is 0 Å². The predicted molar refractivity (Wildman–Crippen MR) is 120 cm³/mol. The fraction of sp³-hybridized carbons (Fsp3) is 0.348. The number of aryl methyl sites for hydroxylation is 1. The van der Waals surface area contributed by atoms with Gasteiger partial charge in [0.2, 0.25) is 11.6 Å². The van der Waals surface area contributed by atoms with Crippen molar-refractivity contribution in [2.24, 2.45) is 0 Å². The Labute approximate surface area is 186 Å². The smallest absolute Gasteiger partial charge is 0.217 e. The zero-order valence-corrected chi connectivity index (χ0v) is 18.3. The summed E-state index contributed by atoms with van der Waals surface area (Å²) in [6.07, 6.45) is 7.38. The minimum atomic E-state index is 0.0189. The lowest BCUT2D eigenvalue weighted by Gasteiger charge is -2.08. The largest absolute Gasteiger partial charge is 0.291 e. The van der Waals surface area contributed by atoms with Crippen molar-refractivity contribution in [1.29, 1.82) is 0 Å². The van der Waals surface area contributed by atoms with Gasteiger partial charge in [-0.1, -0.05) is 44.5 Å². The van der Waals surface area contributed by atoms with Crippen molar-refractivity contribution in [2.75, 3.05) is 0 Å². The van der Waals surface area contributed by atoms with Crippen molar-refractivity contribution in [3.05, 3.63) is 59.9 Å². The van der Waals surface area contributed by atoms with Gasteiger partial charge in [0.25, 0.3) is 0 Å². The maximum atomic E-state index is 12.4. The molecule has 9 heteroatoms. The second-order valence-electron chi connectivity index (χ2n) is 7.65. The molecule has 0 radical (unpaired) electrons. The average molecular weight is 431 g/mol. The molecule has 0 spiro atoms. The molecule has 0 aliphatic heterocycles. The number of aromatic amines is 1. The molecule has 3 heterocycles. The molecule has 1 N–H and O–H groups in total. The summed E-state index contributed by atoms with van der Waals surface area (Å²) < 4.78 is 1.87. The number of pyridine rings is 1. The summed E-state index contributed by atoms with van der Waals surface area (Å²) in [4.78, 5) is 21.2. The van der Waals surface area contributed by atoms with Gasteiger partial charge in [0, 0.05) is 37.3 Å². The molecule has 9 nitrogen and oxygen atoms in total. The van der Waals surface area contributed by atoms with Crippen LogP contribution in [0.1, 0.15) is 61.5 Å². The summed E-state index contributed by atoms with van der Waals surface area (Å²) in [6, 6.07) is 10.2. The Hall–Kier alpha value is -3.75. The molecule has 0 amide bonds. The van der Waals surface area contributed by atoms with Crippen LogP contribution < -0.4 is 0 Å². The van der Waals surface area contributed by atoms with E-state index in [9.17, 15) is 4.79 Å². The van der Waals surface area contributed by atoms with E-state index >= 15 is 0 Å². The average Bonchev–Trinajstić information content (AvgIpc) is 3.49. The van der Waals surface area contributed by atoms with E-state index in [-0.39, 0.29) is 5.78 Å². The maximum Gasteiger partial charge on any atom is 0.217 e. The Morgan fingerprint density at radius 3 is 2.62 bits per heavy atom. The minimum Gasteiger partial charge on any atom is -0.291 e. The van der Waals surface area contributed by atoms with Crippen LogP contribution in [0.3, 0.4) is 0 Å². The number of nitrogens with zero attached hydrogens (tertiary/aromatic N) is 7. The normalized spacial score (nSPS) is 11.1. The van der Waals surface area contributed by atoms with Crippen molar-refractivity contribution in [2.45, 2.75) is 52.5 Å². The second-order valence-corrected chi connectivity index (χ2v) is 7.65. The number of benzene rings is 1. The molecule has 32 heavy (non-hydrogen) atoms. The van der Waals surface area contributed by atoms with Gasteiger partial charge in [-0.15, -0.1) is 10.2 Å². The van der Waals surface area contributed by atoms with Gasteiger partial charge >= 0.3 is 0 Å². The summed E-state index contributed by atoms with van der Waals surface area (Å²) in [6.45, 7) is 4.91. The quantitative estimate of drug-likeness (QED) is 0.379. The number of carbonyl (C=O) groups excluding carboxylic acids is 1. The summed E-state index contributed by atoms with van der Waals surface area (Å²) in [5.74, 6) is 1.74. The zero-order valence-electron chi connectivity index (χ0n) is 18.3. The molecule has 0 fully saturated rings. The van der Waals surface area contributed by atoms with Gasteiger partial charge in [-0.05, 0) is 46.0 Å². The second kappa shape index (κ2) is 10.0. The molecule has 0 aliphatic carbocycles. The van der Waals surface area contributed by atoms with E-state index in [1.165, 1.54) is 0 Å². The van der Waals surface area contributed by atoms with Gasteiger partial charge in [-0.25, -0.2) is 14.8 Å². The topological polar surface area (TPSA) is 115 Å². The van der Waals surface area contributed by atoms with Gasteiger partial charge in [-0.3, -0.25) is 9.78 Å². The highest BCUT2D eigenvalue weighted by Crippen LogP contribution is 2.29. The van der Waals surface area contributed by atoms with E-state index in [4.69, 9.17) is 0 Å². The predicted octanol–water partition coefficient (Wildman–Crippen LogP) is 3.89. The molecule has 0 saturated heterocycles. The molecule has 4 rings (SSSR count). The molecule has 164 valence electrons. The number of tetrazole rings is 1. The van der Waals surface area contributed by atoms with Gasteiger partial charge in [-0.2, -0.15) is 0 Å². The highest BCUT2D eigenvalue weighted by atomic mass is 16.1. The van der Waals surface area contributed by atoms with E-state index in [2.05, 4.69) is 73.8 Å². The number of unbranched alkanes of at least 4 members (excludes halogenated alkanes) is 1. The summed E-state index contributed by atoms with van der Waals surface area (Å²) in [5.41, 5.74) is 3.96. The van der Waals surface area contributed by atoms with E-state index in [0.717, 1.165) is 53.9 Å². The number of nitrogens with one attached hydrogen (secondary N) is 1. The Morgan fingerprint density at radius 1 is 1.06 bits per heavy atom. The van der Waals surface area contributed by atoms with Crippen LogP contribution in [0.4, 0.5) is 0 Å². The van der Waals surface area contributed by atoms with Gasteiger partial charge in [0.1, 0.15) is 5.82 Å². The highest BCUT2D eigenvalue weighted by molar-refractivity contribution is 5.92. The summed E-state index contributed by atoms with van der Waals surface area (Å²) >= 11 is 0. The Balaban J connectivity index is 1.56. The molecule has 1 aromatic carbocycles. The molecule has 0 bridgehead atoms. The SMILES string of the molecule is CCCCC(=O)c1nc(Cc2ccc(-c3ccncc3-c3nnn[nH]3)cc2)n(CCC)n1. The van der Waals surface area contributed by atoms with Gasteiger partial charge in [0.05, 0.1) is 0 Å². The van der Waals surface area contributed by atoms with Crippen molar-refractivity contribution in [3.8, 4) is 22.5 Å². The van der Waals surface area contributed by atoms with Crippen molar-refractivity contribution >= 4 is 5.78 Å². The first kappa shape index (κ1) is 21.5. The zero-order chi connectivity index (χ0) is 22.3. The number of ketones is 1. The number of carbonyl (C=O) groups is 1. The lowest BCUT2D eigenvalue weighted by atomic mass is 9.99. The molecule has 3 aromatic heterocycles. The molecule has 0 saturated carbocycles. The highest BCUT2D eigenvalue weighted by Gasteiger charge is 2.16. The Morgan fingerprint density at radius 2 is 1.91 bits per heavy atom. The van der Waals surface area contributed by atoms with E-state index in [0.29, 0.717) is 24.5 Å². The fourth-order valence-corrected chi connectivity index (χ4v) is 3.56. The molecular formula is C23H26N8O. The molecule has 4 aromatic rings. The number of rotatable bonds is 10. The van der Waals surface area contributed by atoms with Crippen LogP contribution in [0.15, 0.2) is 42.7 Å². The monoisotopic (exact) mass is 430 g/mol. The number of hydrogen-bond donors (Lipinski definition) is 1. The summed E-state index contributed by atoms with van der Waals surface area (Å²) in [7, 11) is 0. The van der Waals surface area contributed by atoms with Crippen LogP contribution in [0, 0.1) is 0 Å². The third kappa shape index (κ3) is 4.77. The Kier molecular flexibility index (Phi) is 6.74. The minimum absolute atomic E-state index is 0.0189. The van der Waals surface area contributed by atoms with Crippen LogP contribution in [0.2, 0.25) is 0 Å². The van der Waals surface area contributed by atoms with E-state index in [1.54, 1.807) is 12.4 Å². The first-order valence-electron chi connectivity index (χ1n) is 10.9. The van der Waals surface area contributed by atoms with Crippen LogP contribution in [-0.2, 0) is 13.0 Å². The standard InChI is InChI=1S/C23H26N8O/c1-3-5-6-20(32)23-25-21(31(28-23)13-4-2)14-16-7-9-17(10-8-16)18-11-12-24-15-19(18)22-26-29-30-27-22/h7-12,15H,3-6,13-14H2,1-2H3,(H,26,27,29,30). The van der Waals surface area contributed by atoms with Crippen LogP contribution in [0.25, 0.3) is 22.5 Å². The first-order chi connectivity index (χ1) is 15.7. The van der Waals surface area contributed by atoms with E-state index < -0.39 is 0 Å². The van der Waals surface area contributed by atoms with Crippen molar-refractivity contribution in [1.82, 2.24) is 40.4 Å². The maximum absolute atomic E-state index is 12.4. The molecule has 0 aliphatic rings.